The normalized spacial score (nSPS) is 12.8. The topological polar surface area (TPSA) is 111 Å². The van der Waals surface area contributed by atoms with Gasteiger partial charge in [-0.25, -0.2) is 9.78 Å². The lowest BCUT2D eigenvalue weighted by atomic mass is 9.95. The Kier molecular flexibility index (Phi) is 7.46. The van der Waals surface area contributed by atoms with Crippen molar-refractivity contribution in [2.75, 3.05) is 11.9 Å². The maximum Gasteiger partial charge on any atom is 0.338 e. The summed E-state index contributed by atoms with van der Waals surface area (Å²) in [4.78, 5) is 42.7. The highest BCUT2D eigenvalue weighted by molar-refractivity contribution is 8.00. The van der Waals surface area contributed by atoms with Crippen molar-refractivity contribution in [3.05, 3.63) is 62.5 Å². The van der Waals surface area contributed by atoms with Crippen molar-refractivity contribution in [1.82, 2.24) is 4.98 Å². The van der Waals surface area contributed by atoms with Crippen LogP contribution in [0.15, 0.2) is 34.0 Å². The van der Waals surface area contributed by atoms with Crippen molar-refractivity contribution >= 4 is 57.2 Å². The quantitative estimate of drug-likeness (QED) is 0.345. The number of carbonyl (C=O) groups excluding carboxylic acids is 3. The summed E-state index contributed by atoms with van der Waals surface area (Å²) in [6.07, 6.45) is 3.70. The molecule has 2 amide bonds. The first-order valence-corrected chi connectivity index (χ1v) is 13.1. The maximum atomic E-state index is 12.7. The Labute approximate surface area is 203 Å². The number of carbonyl (C=O) groups is 3. The molecule has 2 aromatic heterocycles. The number of hydrogen-bond donors (Lipinski definition) is 2. The monoisotopic (exact) mass is 501 g/mol. The molecule has 0 fully saturated rings. The molecule has 4 rings (SSSR count). The third kappa shape index (κ3) is 5.63. The van der Waals surface area contributed by atoms with Crippen LogP contribution in [0, 0.1) is 6.92 Å². The van der Waals surface area contributed by atoms with E-state index < -0.39 is 24.4 Å². The highest BCUT2D eigenvalue weighted by Crippen LogP contribution is 2.37. The fourth-order valence-corrected chi connectivity index (χ4v) is 6.83. The van der Waals surface area contributed by atoms with Gasteiger partial charge in [-0.3, -0.25) is 9.59 Å². The number of aryl methyl sites for hydroxylation is 2. The molecule has 0 radical (unpaired) electrons. The van der Waals surface area contributed by atoms with Gasteiger partial charge in [0.15, 0.2) is 6.61 Å². The van der Waals surface area contributed by atoms with Crippen LogP contribution in [0.3, 0.4) is 0 Å². The van der Waals surface area contributed by atoms with Crippen LogP contribution in [0.2, 0.25) is 0 Å². The van der Waals surface area contributed by atoms with Gasteiger partial charge in [0, 0.05) is 21.7 Å². The molecular weight excluding hydrogens is 478 g/mol. The molecule has 7 nitrogen and oxygen atoms in total. The second-order valence-corrected chi connectivity index (χ2v) is 10.8. The smallest absolute Gasteiger partial charge is 0.338 e. The van der Waals surface area contributed by atoms with Crippen LogP contribution in [-0.2, 0) is 28.1 Å². The molecule has 3 N–H and O–H groups in total. The lowest BCUT2D eigenvalue weighted by Crippen LogP contribution is -2.23. The molecule has 0 unspecified atom stereocenters. The largest absolute Gasteiger partial charge is 0.452 e. The van der Waals surface area contributed by atoms with Crippen LogP contribution >= 0.6 is 34.4 Å². The first-order chi connectivity index (χ1) is 15.9. The van der Waals surface area contributed by atoms with Crippen LogP contribution in [0.4, 0.5) is 5.00 Å². The number of esters is 1. The number of hydrogen-bond acceptors (Lipinski definition) is 8. The predicted octanol–water partition coefficient (Wildman–Crippen LogP) is 4.58. The summed E-state index contributed by atoms with van der Waals surface area (Å²) in [5.74, 6) is -1.07. The molecule has 3 aromatic rings. The highest BCUT2D eigenvalue weighted by Gasteiger charge is 2.25. The summed E-state index contributed by atoms with van der Waals surface area (Å²) in [6.45, 7) is 1.49. The number of ether oxygens (including phenoxy) is 1. The van der Waals surface area contributed by atoms with Crippen molar-refractivity contribution in [2.45, 2.75) is 42.7 Å². The van der Waals surface area contributed by atoms with E-state index in [-0.39, 0.29) is 0 Å². The molecule has 0 spiro atoms. The first kappa shape index (κ1) is 23.5. The van der Waals surface area contributed by atoms with Crippen LogP contribution in [0.25, 0.3) is 0 Å². The average molecular weight is 502 g/mol. The molecule has 1 aliphatic carbocycles. The lowest BCUT2D eigenvalue weighted by Gasteiger charge is -2.11. The van der Waals surface area contributed by atoms with Gasteiger partial charge < -0.3 is 15.8 Å². The SMILES string of the molecule is Cc1csc(SCc2ccccc2C(=O)OCC(=O)Nc2sc3c(c2C(N)=O)CCCC3)n1. The standard InChI is InChI=1S/C23H23N3O4S3/c1-13-11-31-23(25-13)32-12-14-6-2-3-7-15(14)22(29)30-10-18(27)26-21-19(20(24)28)16-8-4-5-9-17(16)33-21/h2-3,6-7,11H,4-5,8-10,12H2,1H3,(H2,24,28)(H,26,27). The van der Waals surface area contributed by atoms with Gasteiger partial charge in [0.1, 0.15) is 9.34 Å². The number of nitrogens with zero attached hydrogens (tertiary/aromatic N) is 1. The van der Waals surface area contributed by atoms with Crippen molar-refractivity contribution in [3.63, 3.8) is 0 Å². The van der Waals surface area contributed by atoms with Crippen molar-refractivity contribution < 1.29 is 19.1 Å². The molecule has 0 saturated heterocycles. The minimum absolute atomic E-state index is 0.383. The van der Waals surface area contributed by atoms with Gasteiger partial charge in [0.05, 0.1) is 11.1 Å². The molecule has 10 heteroatoms. The number of rotatable bonds is 8. The Morgan fingerprint density at radius 2 is 2.00 bits per heavy atom. The Bertz CT molecular complexity index is 1200. The second kappa shape index (κ2) is 10.5. The minimum atomic E-state index is -0.572. The molecule has 0 saturated carbocycles. The number of thioether (sulfide) groups is 1. The zero-order valence-electron chi connectivity index (χ0n) is 18.0. The van der Waals surface area contributed by atoms with Gasteiger partial charge in [0.25, 0.3) is 11.8 Å². The van der Waals surface area contributed by atoms with E-state index in [1.807, 2.05) is 24.4 Å². The molecule has 33 heavy (non-hydrogen) atoms. The van der Waals surface area contributed by atoms with E-state index in [0.717, 1.165) is 51.7 Å². The van der Waals surface area contributed by atoms with E-state index in [4.69, 9.17) is 10.5 Å². The van der Waals surface area contributed by atoms with Crippen LogP contribution in [-0.4, -0.2) is 29.4 Å². The molecule has 1 aromatic carbocycles. The lowest BCUT2D eigenvalue weighted by molar-refractivity contribution is -0.119. The summed E-state index contributed by atoms with van der Waals surface area (Å²) < 4.78 is 6.21. The van der Waals surface area contributed by atoms with Crippen molar-refractivity contribution in [3.8, 4) is 0 Å². The van der Waals surface area contributed by atoms with E-state index in [1.54, 1.807) is 35.2 Å². The zero-order valence-corrected chi connectivity index (χ0v) is 20.5. The molecule has 1 aliphatic rings. The summed E-state index contributed by atoms with van der Waals surface area (Å²) in [7, 11) is 0. The Morgan fingerprint density at radius 1 is 1.21 bits per heavy atom. The number of amides is 2. The summed E-state index contributed by atoms with van der Waals surface area (Å²) >= 11 is 4.49. The van der Waals surface area contributed by atoms with Crippen molar-refractivity contribution in [2.24, 2.45) is 5.73 Å². The van der Waals surface area contributed by atoms with E-state index in [2.05, 4.69) is 10.3 Å². The number of fused-ring (bicyclic) bond motifs is 1. The van der Waals surface area contributed by atoms with Crippen molar-refractivity contribution in [1.29, 1.82) is 0 Å². The van der Waals surface area contributed by atoms with Gasteiger partial charge in [-0.1, -0.05) is 30.0 Å². The molecule has 0 aliphatic heterocycles. The minimum Gasteiger partial charge on any atom is -0.452 e. The van der Waals surface area contributed by atoms with Gasteiger partial charge in [-0.15, -0.1) is 22.7 Å². The van der Waals surface area contributed by atoms with Gasteiger partial charge in [0.2, 0.25) is 0 Å². The predicted molar refractivity (Wildman–Crippen MR) is 131 cm³/mol. The number of aromatic nitrogens is 1. The fourth-order valence-electron chi connectivity index (χ4n) is 3.67. The molecule has 0 bridgehead atoms. The van der Waals surface area contributed by atoms with Crippen LogP contribution in [0.5, 0.6) is 0 Å². The number of nitrogens with two attached hydrogens (primary N) is 1. The van der Waals surface area contributed by atoms with E-state index >= 15 is 0 Å². The first-order valence-electron chi connectivity index (χ1n) is 10.5. The summed E-state index contributed by atoms with van der Waals surface area (Å²) in [5.41, 5.74) is 9.08. The van der Waals surface area contributed by atoms with E-state index in [1.165, 1.54) is 11.3 Å². The molecular formula is C23H23N3O4S3. The van der Waals surface area contributed by atoms with E-state index in [0.29, 0.717) is 21.9 Å². The van der Waals surface area contributed by atoms with Crippen LogP contribution < -0.4 is 11.1 Å². The number of thiazole rings is 1. The maximum absolute atomic E-state index is 12.7. The Hall–Kier alpha value is -2.69. The summed E-state index contributed by atoms with van der Waals surface area (Å²) in [5, 5.41) is 5.13. The average Bonchev–Trinajstić information content (AvgIpc) is 3.38. The highest BCUT2D eigenvalue weighted by atomic mass is 32.2. The second-order valence-electron chi connectivity index (χ2n) is 7.60. The molecule has 2 heterocycles. The molecule has 172 valence electrons. The van der Waals surface area contributed by atoms with Gasteiger partial charge in [-0.2, -0.15) is 0 Å². The van der Waals surface area contributed by atoms with E-state index in [9.17, 15) is 14.4 Å². The third-order valence-corrected chi connectivity index (χ3v) is 8.59. The number of benzene rings is 1. The Balaban J connectivity index is 1.38. The summed E-state index contributed by atoms with van der Waals surface area (Å²) in [6, 6.07) is 7.16. The number of nitrogens with one attached hydrogen (secondary N) is 1. The fraction of sp³-hybridized carbons (Fsp3) is 0.304. The Morgan fingerprint density at radius 3 is 2.76 bits per heavy atom. The molecule has 0 atom stereocenters. The number of primary amides is 1. The van der Waals surface area contributed by atoms with Crippen LogP contribution in [0.1, 0.15) is 55.3 Å². The van der Waals surface area contributed by atoms with Gasteiger partial charge in [-0.05, 0) is 49.8 Å². The number of anilines is 1. The van der Waals surface area contributed by atoms with Gasteiger partial charge >= 0.3 is 5.97 Å². The zero-order chi connectivity index (χ0) is 23.4. The third-order valence-electron chi connectivity index (χ3n) is 5.19. The number of thiophene rings is 1.